The van der Waals surface area contributed by atoms with Crippen LogP contribution >= 0.6 is 11.6 Å². The molecule has 0 bridgehead atoms. The molecule has 1 aromatic heterocycles. The monoisotopic (exact) mass is 220 g/mol. The van der Waals surface area contributed by atoms with E-state index in [-0.39, 0.29) is 0 Å². The second-order valence-corrected chi connectivity index (χ2v) is 3.94. The Morgan fingerprint density at radius 2 is 2.13 bits per heavy atom. The zero-order chi connectivity index (χ0) is 10.8. The van der Waals surface area contributed by atoms with Crippen LogP contribution in [0.15, 0.2) is 36.7 Å². The Morgan fingerprint density at radius 1 is 1.33 bits per heavy atom. The second kappa shape index (κ2) is 4.09. The summed E-state index contributed by atoms with van der Waals surface area (Å²) in [6.07, 6.45) is 4.07. The Labute approximate surface area is 94.3 Å². The Bertz CT molecular complexity index is 474. The summed E-state index contributed by atoms with van der Waals surface area (Å²) in [6.45, 7) is 2.51. The topological polar surface area (TPSA) is 30.9 Å². The van der Waals surface area contributed by atoms with E-state index in [1.54, 1.807) is 0 Å². The molecule has 2 N–H and O–H groups in total. The van der Waals surface area contributed by atoms with Gasteiger partial charge >= 0.3 is 0 Å². The number of aryl methyl sites for hydroxylation is 1. The molecule has 1 aromatic carbocycles. The van der Waals surface area contributed by atoms with Crippen molar-refractivity contribution < 1.29 is 0 Å². The molecule has 78 valence electrons. The van der Waals surface area contributed by atoms with Crippen LogP contribution in [0.25, 0.3) is 5.69 Å². The van der Waals surface area contributed by atoms with Crippen LogP contribution in [0.3, 0.4) is 0 Å². The maximum atomic E-state index is 6.09. The fraction of sp³-hybridized carbons (Fsp3) is 0.167. The van der Waals surface area contributed by atoms with Gasteiger partial charge in [0.2, 0.25) is 0 Å². The molecule has 0 aliphatic heterocycles. The lowest BCUT2D eigenvalue weighted by Gasteiger charge is -2.10. The van der Waals surface area contributed by atoms with Gasteiger partial charge in [-0.05, 0) is 30.7 Å². The molecule has 3 heteroatoms. The first-order valence-corrected chi connectivity index (χ1v) is 5.22. The highest BCUT2D eigenvalue weighted by Crippen LogP contribution is 2.23. The molecule has 2 nitrogen and oxygen atoms in total. The van der Waals surface area contributed by atoms with Crippen molar-refractivity contribution in [2.24, 2.45) is 5.73 Å². The van der Waals surface area contributed by atoms with Gasteiger partial charge < -0.3 is 10.3 Å². The highest BCUT2D eigenvalue weighted by molar-refractivity contribution is 6.31. The van der Waals surface area contributed by atoms with Crippen molar-refractivity contribution in [3.8, 4) is 5.69 Å². The van der Waals surface area contributed by atoms with Gasteiger partial charge in [0.25, 0.3) is 0 Å². The summed E-state index contributed by atoms with van der Waals surface area (Å²) >= 11 is 6.09. The van der Waals surface area contributed by atoms with Gasteiger partial charge in [-0.3, -0.25) is 0 Å². The molecule has 0 aliphatic rings. The van der Waals surface area contributed by atoms with Crippen molar-refractivity contribution in [3.63, 3.8) is 0 Å². The third kappa shape index (κ3) is 1.91. The highest BCUT2D eigenvalue weighted by atomic mass is 35.5. The van der Waals surface area contributed by atoms with Crippen LogP contribution in [0.4, 0.5) is 0 Å². The molecular formula is C12H13ClN2. The van der Waals surface area contributed by atoms with Gasteiger partial charge in [-0.2, -0.15) is 0 Å². The zero-order valence-corrected chi connectivity index (χ0v) is 9.33. The first-order valence-electron chi connectivity index (χ1n) is 4.85. The van der Waals surface area contributed by atoms with E-state index in [4.69, 9.17) is 17.3 Å². The van der Waals surface area contributed by atoms with Gasteiger partial charge in [0.15, 0.2) is 0 Å². The Hall–Kier alpha value is -1.25. The molecular weight excluding hydrogens is 208 g/mol. The van der Waals surface area contributed by atoms with Crippen LogP contribution in [0.1, 0.15) is 11.1 Å². The van der Waals surface area contributed by atoms with Crippen molar-refractivity contribution in [3.05, 3.63) is 52.8 Å². The van der Waals surface area contributed by atoms with E-state index in [9.17, 15) is 0 Å². The summed E-state index contributed by atoms with van der Waals surface area (Å²) < 4.78 is 2.05. The van der Waals surface area contributed by atoms with Crippen molar-refractivity contribution in [2.45, 2.75) is 13.5 Å². The minimum absolute atomic E-state index is 0.451. The van der Waals surface area contributed by atoms with Crippen LogP contribution in [-0.4, -0.2) is 4.57 Å². The van der Waals surface area contributed by atoms with Crippen LogP contribution in [0, 0.1) is 6.92 Å². The molecule has 1 heterocycles. The number of benzene rings is 1. The predicted octanol–water partition coefficient (Wildman–Crippen LogP) is 2.90. The molecule has 0 radical (unpaired) electrons. The van der Waals surface area contributed by atoms with Gasteiger partial charge in [-0.25, -0.2) is 0 Å². The van der Waals surface area contributed by atoms with Gasteiger partial charge in [-0.1, -0.05) is 17.7 Å². The van der Waals surface area contributed by atoms with Gasteiger partial charge in [-0.15, -0.1) is 0 Å². The molecule has 0 atom stereocenters. The lowest BCUT2D eigenvalue weighted by molar-refractivity contribution is 0.990. The van der Waals surface area contributed by atoms with E-state index in [2.05, 4.69) is 19.2 Å². The van der Waals surface area contributed by atoms with E-state index < -0.39 is 0 Å². The fourth-order valence-electron chi connectivity index (χ4n) is 1.64. The molecule has 0 saturated carbocycles. The predicted molar refractivity (Wildman–Crippen MR) is 63.4 cm³/mol. The lowest BCUT2D eigenvalue weighted by atomic mass is 10.2. The van der Waals surface area contributed by atoms with E-state index >= 15 is 0 Å². The molecule has 0 fully saturated rings. The number of nitrogens with two attached hydrogens (primary N) is 1. The molecule has 15 heavy (non-hydrogen) atoms. The average Bonchev–Trinajstić information content (AvgIpc) is 2.64. The smallest absolute Gasteiger partial charge is 0.0509 e. The summed E-state index contributed by atoms with van der Waals surface area (Å²) in [5.74, 6) is 0. The molecule has 2 aromatic rings. The molecule has 2 rings (SSSR count). The summed E-state index contributed by atoms with van der Waals surface area (Å²) in [6, 6.07) is 7.88. The van der Waals surface area contributed by atoms with Crippen molar-refractivity contribution in [1.29, 1.82) is 0 Å². The van der Waals surface area contributed by atoms with E-state index in [1.807, 2.05) is 29.0 Å². The van der Waals surface area contributed by atoms with Gasteiger partial charge in [0.1, 0.15) is 0 Å². The summed E-state index contributed by atoms with van der Waals surface area (Å²) in [5.41, 5.74) is 8.95. The summed E-state index contributed by atoms with van der Waals surface area (Å²) in [4.78, 5) is 0. The molecule has 0 aliphatic carbocycles. The average molecular weight is 221 g/mol. The van der Waals surface area contributed by atoms with E-state index in [0.717, 1.165) is 16.3 Å². The summed E-state index contributed by atoms with van der Waals surface area (Å²) in [5, 5.41) is 0.723. The highest BCUT2D eigenvalue weighted by Gasteiger charge is 2.06. The third-order valence-corrected chi connectivity index (χ3v) is 2.77. The molecule has 0 spiro atoms. The van der Waals surface area contributed by atoms with Crippen molar-refractivity contribution in [2.75, 3.05) is 0 Å². The van der Waals surface area contributed by atoms with Crippen molar-refractivity contribution in [1.82, 2.24) is 4.57 Å². The van der Waals surface area contributed by atoms with Gasteiger partial charge in [0.05, 0.1) is 5.69 Å². The Balaban J connectivity index is 2.57. The van der Waals surface area contributed by atoms with Crippen LogP contribution < -0.4 is 5.73 Å². The normalized spacial score (nSPS) is 10.6. The standard InChI is InChI=1S/C12H13ClN2/c1-9-5-6-15(8-9)12-4-2-3-11(13)10(12)7-14/h2-6,8H,7,14H2,1H3. The minimum Gasteiger partial charge on any atom is -0.326 e. The first-order chi connectivity index (χ1) is 7.22. The number of hydrogen-bond donors (Lipinski definition) is 1. The second-order valence-electron chi connectivity index (χ2n) is 3.54. The minimum atomic E-state index is 0.451. The quantitative estimate of drug-likeness (QED) is 0.829. The largest absolute Gasteiger partial charge is 0.326 e. The maximum Gasteiger partial charge on any atom is 0.0509 e. The summed E-state index contributed by atoms with van der Waals surface area (Å²) in [7, 11) is 0. The number of hydrogen-bond acceptors (Lipinski definition) is 1. The number of halogens is 1. The zero-order valence-electron chi connectivity index (χ0n) is 8.57. The third-order valence-electron chi connectivity index (χ3n) is 2.42. The molecule has 0 amide bonds. The van der Waals surface area contributed by atoms with Crippen molar-refractivity contribution >= 4 is 11.6 Å². The number of aromatic nitrogens is 1. The Kier molecular flexibility index (Phi) is 2.80. The molecule has 0 unspecified atom stereocenters. The van der Waals surface area contributed by atoms with Gasteiger partial charge in [0, 0.05) is 29.5 Å². The SMILES string of the molecule is Cc1ccn(-c2cccc(Cl)c2CN)c1. The number of nitrogens with zero attached hydrogens (tertiary/aromatic N) is 1. The first kappa shape index (κ1) is 10.3. The van der Waals surface area contributed by atoms with Crippen LogP contribution in [0.2, 0.25) is 5.02 Å². The lowest BCUT2D eigenvalue weighted by Crippen LogP contribution is -2.03. The molecule has 0 saturated heterocycles. The van der Waals surface area contributed by atoms with E-state index in [0.29, 0.717) is 6.54 Å². The Morgan fingerprint density at radius 3 is 2.73 bits per heavy atom. The maximum absolute atomic E-state index is 6.09. The number of rotatable bonds is 2. The fourth-order valence-corrected chi connectivity index (χ4v) is 1.89. The van der Waals surface area contributed by atoms with Crippen LogP contribution in [0.5, 0.6) is 0 Å². The van der Waals surface area contributed by atoms with E-state index in [1.165, 1.54) is 5.56 Å². The van der Waals surface area contributed by atoms with Crippen LogP contribution in [-0.2, 0) is 6.54 Å².